The Balaban J connectivity index is 2.79. The average Bonchev–Trinajstić information content (AvgIpc) is 2.18. The van der Waals surface area contributed by atoms with Crippen LogP contribution in [-0.4, -0.2) is 24.2 Å². The van der Waals surface area contributed by atoms with Crippen LogP contribution in [0.1, 0.15) is 5.56 Å². The smallest absolute Gasteiger partial charge is 0.320 e. The van der Waals surface area contributed by atoms with Crippen LogP contribution in [0.25, 0.3) is 0 Å². The van der Waals surface area contributed by atoms with Gasteiger partial charge in [-0.15, -0.1) is 0 Å². The molecule has 0 aromatic heterocycles. The lowest BCUT2D eigenvalue weighted by Gasteiger charge is -2.08. The molecule has 1 aromatic rings. The van der Waals surface area contributed by atoms with Crippen molar-refractivity contribution in [3.63, 3.8) is 0 Å². The van der Waals surface area contributed by atoms with Gasteiger partial charge in [-0.3, -0.25) is 4.79 Å². The minimum atomic E-state index is -0.985. The molecule has 0 heterocycles. The number of hydrogen-bond donors (Lipinski definition) is 2. The molecule has 0 aliphatic rings. The largest absolute Gasteiger partial charge is 0.496 e. The summed E-state index contributed by atoms with van der Waals surface area (Å²) < 4.78 is 6.05. The van der Waals surface area contributed by atoms with Crippen molar-refractivity contribution in [2.24, 2.45) is 5.73 Å². The van der Waals surface area contributed by atoms with E-state index in [1.54, 1.807) is 7.11 Å². The monoisotopic (exact) mass is 321 g/mol. The fraction of sp³-hybridized carbons (Fsp3) is 0.300. The zero-order valence-electron chi connectivity index (χ0n) is 8.24. The summed E-state index contributed by atoms with van der Waals surface area (Å²) in [4.78, 5) is 10.6. The molecule has 0 bridgehead atoms. The third-order valence-electron chi connectivity index (χ3n) is 1.99. The van der Waals surface area contributed by atoms with E-state index in [0.29, 0.717) is 6.42 Å². The Labute approximate surface area is 102 Å². The third-order valence-corrected chi connectivity index (χ3v) is 2.83. The number of benzene rings is 1. The maximum Gasteiger partial charge on any atom is 0.320 e. The number of rotatable bonds is 4. The van der Waals surface area contributed by atoms with Gasteiger partial charge in [-0.1, -0.05) is 6.07 Å². The van der Waals surface area contributed by atoms with Crippen molar-refractivity contribution in [3.8, 4) is 5.75 Å². The van der Waals surface area contributed by atoms with E-state index >= 15 is 0 Å². The Kier molecular flexibility index (Phi) is 4.34. The minimum absolute atomic E-state index is 0.329. The van der Waals surface area contributed by atoms with Crippen molar-refractivity contribution in [2.75, 3.05) is 7.11 Å². The Morgan fingerprint density at radius 2 is 2.33 bits per heavy atom. The first kappa shape index (κ1) is 12.3. The lowest BCUT2D eigenvalue weighted by atomic mass is 10.1. The van der Waals surface area contributed by atoms with Crippen molar-refractivity contribution in [3.05, 3.63) is 27.3 Å². The van der Waals surface area contributed by atoms with Crippen LogP contribution in [0.5, 0.6) is 5.75 Å². The third kappa shape index (κ3) is 3.35. The molecule has 0 unspecified atom stereocenters. The van der Waals surface area contributed by atoms with Gasteiger partial charge in [-0.25, -0.2) is 0 Å². The van der Waals surface area contributed by atoms with Gasteiger partial charge in [0.1, 0.15) is 11.8 Å². The van der Waals surface area contributed by atoms with Crippen LogP contribution in [0.4, 0.5) is 0 Å². The number of halogens is 1. The zero-order valence-corrected chi connectivity index (χ0v) is 10.4. The van der Waals surface area contributed by atoms with E-state index in [1.807, 2.05) is 18.2 Å². The highest BCUT2D eigenvalue weighted by molar-refractivity contribution is 14.1. The fourth-order valence-electron chi connectivity index (χ4n) is 1.18. The number of carboxylic acid groups (broad SMARTS) is 1. The lowest BCUT2D eigenvalue weighted by Crippen LogP contribution is -2.32. The molecule has 1 atom stereocenters. The van der Waals surface area contributed by atoms with E-state index in [-0.39, 0.29) is 0 Å². The van der Waals surface area contributed by atoms with Crippen LogP contribution in [-0.2, 0) is 11.2 Å². The second kappa shape index (κ2) is 5.32. The highest BCUT2D eigenvalue weighted by Gasteiger charge is 2.12. The van der Waals surface area contributed by atoms with Crippen molar-refractivity contribution in [1.29, 1.82) is 0 Å². The molecule has 5 heteroatoms. The summed E-state index contributed by atoms with van der Waals surface area (Å²) in [6, 6.07) is 4.66. The molecule has 0 spiro atoms. The number of carbonyl (C=O) groups is 1. The normalized spacial score (nSPS) is 12.2. The van der Waals surface area contributed by atoms with Crippen molar-refractivity contribution in [2.45, 2.75) is 12.5 Å². The lowest BCUT2D eigenvalue weighted by molar-refractivity contribution is -0.138. The highest BCUT2D eigenvalue weighted by atomic mass is 127. The van der Waals surface area contributed by atoms with E-state index in [9.17, 15) is 4.79 Å². The standard InChI is InChI=1S/C10H12INO3/c1-15-9-3-2-6(4-7(9)11)5-8(12)10(13)14/h2-4,8H,5,12H2,1H3,(H,13,14)/t8-/m0/s1. The Bertz CT molecular complexity index is 368. The van der Waals surface area contributed by atoms with E-state index in [4.69, 9.17) is 15.6 Å². The molecular weight excluding hydrogens is 309 g/mol. The summed E-state index contributed by atoms with van der Waals surface area (Å²) in [5.41, 5.74) is 6.33. The Morgan fingerprint density at radius 1 is 1.67 bits per heavy atom. The van der Waals surface area contributed by atoms with Gasteiger partial charge in [0, 0.05) is 0 Å². The van der Waals surface area contributed by atoms with Crippen LogP contribution in [0.2, 0.25) is 0 Å². The number of aliphatic carboxylic acids is 1. The molecule has 0 saturated carbocycles. The molecule has 0 fully saturated rings. The summed E-state index contributed by atoms with van der Waals surface area (Å²) in [7, 11) is 1.60. The molecule has 0 aliphatic heterocycles. The van der Waals surface area contributed by atoms with Gasteiger partial charge in [0.2, 0.25) is 0 Å². The van der Waals surface area contributed by atoms with E-state index < -0.39 is 12.0 Å². The molecule has 15 heavy (non-hydrogen) atoms. The van der Waals surface area contributed by atoms with Gasteiger partial charge in [0.05, 0.1) is 10.7 Å². The van der Waals surface area contributed by atoms with Crippen molar-refractivity contribution >= 4 is 28.6 Å². The summed E-state index contributed by atoms with van der Waals surface area (Å²) in [6.07, 6.45) is 0.329. The molecule has 0 aliphatic carbocycles. The topological polar surface area (TPSA) is 72.5 Å². The van der Waals surface area contributed by atoms with E-state index in [2.05, 4.69) is 22.6 Å². The maximum absolute atomic E-state index is 10.6. The Hall–Kier alpha value is -0.820. The zero-order chi connectivity index (χ0) is 11.4. The molecule has 4 nitrogen and oxygen atoms in total. The summed E-state index contributed by atoms with van der Waals surface area (Å²) >= 11 is 2.14. The summed E-state index contributed by atoms with van der Waals surface area (Å²) in [6.45, 7) is 0. The van der Waals surface area contributed by atoms with Crippen LogP contribution >= 0.6 is 22.6 Å². The van der Waals surface area contributed by atoms with E-state index in [0.717, 1.165) is 14.9 Å². The Morgan fingerprint density at radius 3 is 2.80 bits per heavy atom. The SMILES string of the molecule is COc1ccc(C[C@H](N)C(=O)O)cc1I. The second-order valence-corrected chi connectivity index (χ2v) is 4.28. The molecule has 3 N–H and O–H groups in total. The predicted molar refractivity (Wildman–Crippen MR) is 65.0 cm³/mol. The van der Waals surface area contributed by atoms with Crippen LogP contribution in [0.15, 0.2) is 18.2 Å². The molecule has 1 aromatic carbocycles. The summed E-state index contributed by atoms with van der Waals surface area (Å²) in [5.74, 6) is -0.205. The molecule has 0 radical (unpaired) electrons. The fourth-order valence-corrected chi connectivity index (χ4v) is 1.98. The quantitative estimate of drug-likeness (QED) is 0.819. The maximum atomic E-state index is 10.6. The number of carboxylic acids is 1. The molecule has 82 valence electrons. The van der Waals surface area contributed by atoms with Crippen molar-refractivity contribution < 1.29 is 14.6 Å². The van der Waals surface area contributed by atoms with Gasteiger partial charge in [-0.05, 0) is 46.7 Å². The van der Waals surface area contributed by atoms with E-state index in [1.165, 1.54) is 0 Å². The van der Waals surface area contributed by atoms with Gasteiger partial charge in [-0.2, -0.15) is 0 Å². The molecule has 0 saturated heterocycles. The number of hydrogen-bond acceptors (Lipinski definition) is 3. The van der Waals surface area contributed by atoms with Crippen LogP contribution in [0.3, 0.4) is 0 Å². The predicted octanol–water partition coefficient (Wildman–Crippen LogP) is 1.25. The minimum Gasteiger partial charge on any atom is -0.496 e. The van der Waals surface area contributed by atoms with Gasteiger partial charge < -0.3 is 15.6 Å². The van der Waals surface area contributed by atoms with Gasteiger partial charge >= 0.3 is 5.97 Å². The highest BCUT2D eigenvalue weighted by Crippen LogP contribution is 2.21. The first-order chi connectivity index (χ1) is 7.04. The van der Waals surface area contributed by atoms with Crippen LogP contribution < -0.4 is 10.5 Å². The number of nitrogens with two attached hydrogens (primary N) is 1. The average molecular weight is 321 g/mol. The van der Waals surface area contributed by atoms with Crippen LogP contribution in [0, 0.1) is 3.57 Å². The molecule has 1 rings (SSSR count). The molecular formula is C10H12INO3. The number of methoxy groups -OCH3 is 1. The van der Waals surface area contributed by atoms with Crippen molar-refractivity contribution in [1.82, 2.24) is 0 Å². The summed E-state index contributed by atoms with van der Waals surface area (Å²) in [5, 5.41) is 8.66. The van der Waals surface area contributed by atoms with Gasteiger partial charge in [0.15, 0.2) is 0 Å². The van der Waals surface area contributed by atoms with Gasteiger partial charge in [0.25, 0.3) is 0 Å². The molecule has 0 amide bonds. The first-order valence-electron chi connectivity index (χ1n) is 4.35. The number of ether oxygens (including phenoxy) is 1. The first-order valence-corrected chi connectivity index (χ1v) is 5.43. The second-order valence-electron chi connectivity index (χ2n) is 3.12.